The van der Waals surface area contributed by atoms with E-state index in [1.165, 1.54) is 0 Å². The topological polar surface area (TPSA) is 66.2 Å². The SMILES string of the molecule is CCOC(=O)c1nnc(C)n1C1CC(OCC)C1. The standard InChI is InChI=1S/C12H19N3O3/c1-4-17-10-6-9(7-10)15-8(3)13-14-11(15)12(16)18-5-2/h9-10H,4-7H2,1-3H3. The zero-order valence-corrected chi connectivity index (χ0v) is 11.0. The fourth-order valence-electron chi connectivity index (χ4n) is 2.26. The van der Waals surface area contributed by atoms with Crippen molar-refractivity contribution < 1.29 is 14.3 Å². The van der Waals surface area contributed by atoms with Gasteiger partial charge in [0.2, 0.25) is 5.82 Å². The van der Waals surface area contributed by atoms with Crippen LogP contribution in [0.1, 0.15) is 49.2 Å². The van der Waals surface area contributed by atoms with E-state index in [2.05, 4.69) is 10.2 Å². The first-order valence-electron chi connectivity index (χ1n) is 6.37. The molecular formula is C12H19N3O3. The van der Waals surface area contributed by atoms with Crippen LogP contribution in [0.5, 0.6) is 0 Å². The highest BCUT2D eigenvalue weighted by Crippen LogP contribution is 2.35. The molecule has 0 radical (unpaired) electrons. The van der Waals surface area contributed by atoms with E-state index in [1.807, 2.05) is 18.4 Å². The molecule has 1 aromatic rings. The molecule has 0 aromatic carbocycles. The van der Waals surface area contributed by atoms with E-state index in [0.717, 1.165) is 25.3 Å². The predicted octanol–water partition coefficient (Wildman–Crippen LogP) is 1.50. The minimum atomic E-state index is -0.405. The quantitative estimate of drug-likeness (QED) is 0.744. The summed E-state index contributed by atoms with van der Waals surface area (Å²) in [6, 6.07) is 0.246. The number of esters is 1. The van der Waals surface area contributed by atoms with Gasteiger partial charge in [0, 0.05) is 12.6 Å². The molecule has 100 valence electrons. The number of carbonyl (C=O) groups excluding carboxylic acids is 1. The molecule has 1 aromatic heterocycles. The van der Waals surface area contributed by atoms with Crippen molar-refractivity contribution in [2.24, 2.45) is 0 Å². The summed E-state index contributed by atoms with van der Waals surface area (Å²) in [6.45, 7) is 6.69. The second-order valence-corrected chi connectivity index (χ2v) is 4.36. The molecule has 1 fully saturated rings. The lowest BCUT2D eigenvalue weighted by atomic mass is 9.88. The van der Waals surface area contributed by atoms with Crippen molar-refractivity contribution in [1.29, 1.82) is 0 Å². The number of aromatic nitrogens is 3. The average Bonchev–Trinajstić information content (AvgIpc) is 2.65. The van der Waals surface area contributed by atoms with Crippen LogP contribution in [0.4, 0.5) is 0 Å². The minimum Gasteiger partial charge on any atom is -0.460 e. The Morgan fingerprint density at radius 3 is 2.67 bits per heavy atom. The van der Waals surface area contributed by atoms with Crippen LogP contribution in [0.25, 0.3) is 0 Å². The van der Waals surface area contributed by atoms with Crippen LogP contribution < -0.4 is 0 Å². The molecule has 1 aliphatic carbocycles. The highest BCUT2D eigenvalue weighted by molar-refractivity contribution is 5.85. The van der Waals surface area contributed by atoms with Crippen LogP contribution in [0.2, 0.25) is 0 Å². The third-order valence-electron chi connectivity index (χ3n) is 3.16. The van der Waals surface area contributed by atoms with E-state index in [-0.39, 0.29) is 12.1 Å². The van der Waals surface area contributed by atoms with Crippen LogP contribution in [-0.4, -0.2) is 40.1 Å². The maximum Gasteiger partial charge on any atom is 0.376 e. The predicted molar refractivity (Wildman–Crippen MR) is 64.4 cm³/mol. The Morgan fingerprint density at radius 1 is 1.33 bits per heavy atom. The fraction of sp³-hybridized carbons (Fsp3) is 0.750. The van der Waals surface area contributed by atoms with E-state index >= 15 is 0 Å². The van der Waals surface area contributed by atoms with Gasteiger partial charge in [-0.3, -0.25) is 0 Å². The summed E-state index contributed by atoms with van der Waals surface area (Å²) >= 11 is 0. The van der Waals surface area contributed by atoms with Crippen LogP contribution in [0.3, 0.4) is 0 Å². The maximum absolute atomic E-state index is 11.8. The van der Waals surface area contributed by atoms with Crippen molar-refractivity contribution in [3.63, 3.8) is 0 Å². The molecule has 2 rings (SSSR count). The summed E-state index contributed by atoms with van der Waals surface area (Å²) in [5.41, 5.74) is 0. The number of ether oxygens (including phenoxy) is 2. The molecule has 6 heteroatoms. The molecule has 0 atom stereocenters. The number of aryl methyl sites for hydroxylation is 1. The van der Waals surface area contributed by atoms with Gasteiger partial charge in [-0.25, -0.2) is 4.79 Å². The Labute approximate surface area is 106 Å². The Balaban J connectivity index is 2.09. The van der Waals surface area contributed by atoms with Crippen molar-refractivity contribution in [2.45, 2.75) is 45.8 Å². The van der Waals surface area contributed by atoms with Crippen LogP contribution in [-0.2, 0) is 9.47 Å². The van der Waals surface area contributed by atoms with Crippen molar-refractivity contribution in [3.05, 3.63) is 11.6 Å². The third kappa shape index (κ3) is 2.38. The van der Waals surface area contributed by atoms with Crippen molar-refractivity contribution >= 4 is 5.97 Å². The number of nitrogens with zero attached hydrogens (tertiary/aromatic N) is 3. The second kappa shape index (κ2) is 5.48. The van der Waals surface area contributed by atoms with E-state index in [0.29, 0.717) is 12.4 Å². The summed E-state index contributed by atoms with van der Waals surface area (Å²) in [6.07, 6.45) is 2.09. The van der Waals surface area contributed by atoms with E-state index in [9.17, 15) is 4.79 Å². The number of hydrogen-bond acceptors (Lipinski definition) is 5. The normalized spacial score (nSPS) is 22.6. The molecule has 0 spiro atoms. The first kappa shape index (κ1) is 13.0. The van der Waals surface area contributed by atoms with E-state index in [4.69, 9.17) is 9.47 Å². The van der Waals surface area contributed by atoms with Crippen LogP contribution in [0.15, 0.2) is 0 Å². The minimum absolute atomic E-state index is 0.246. The number of carbonyl (C=O) groups is 1. The molecule has 0 amide bonds. The molecule has 1 saturated carbocycles. The molecule has 18 heavy (non-hydrogen) atoms. The van der Waals surface area contributed by atoms with Crippen LogP contribution in [0, 0.1) is 6.92 Å². The molecule has 1 aliphatic rings. The zero-order valence-electron chi connectivity index (χ0n) is 11.0. The maximum atomic E-state index is 11.8. The lowest BCUT2D eigenvalue weighted by Crippen LogP contribution is -2.35. The highest BCUT2D eigenvalue weighted by atomic mass is 16.5. The van der Waals surface area contributed by atoms with Crippen molar-refractivity contribution in [3.8, 4) is 0 Å². The monoisotopic (exact) mass is 253 g/mol. The zero-order chi connectivity index (χ0) is 13.1. The molecule has 0 bridgehead atoms. The van der Waals surface area contributed by atoms with Crippen molar-refractivity contribution in [2.75, 3.05) is 13.2 Å². The number of hydrogen-bond donors (Lipinski definition) is 0. The van der Waals surface area contributed by atoms with Gasteiger partial charge in [0.25, 0.3) is 0 Å². The van der Waals surface area contributed by atoms with Gasteiger partial charge in [-0.2, -0.15) is 0 Å². The summed E-state index contributed by atoms with van der Waals surface area (Å²) in [4.78, 5) is 11.8. The Morgan fingerprint density at radius 2 is 2.06 bits per heavy atom. The average molecular weight is 253 g/mol. The molecule has 6 nitrogen and oxygen atoms in total. The van der Waals surface area contributed by atoms with Gasteiger partial charge in [-0.15, -0.1) is 10.2 Å². The van der Waals surface area contributed by atoms with Gasteiger partial charge in [-0.1, -0.05) is 0 Å². The second-order valence-electron chi connectivity index (χ2n) is 4.36. The van der Waals surface area contributed by atoms with Gasteiger partial charge in [-0.05, 0) is 33.6 Å². The summed E-state index contributed by atoms with van der Waals surface area (Å²) in [5.74, 6) is 0.644. The van der Waals surface area contributed by atoms with Crippen LogP contribution >= 0.6 is 0 Å². The first-order valence-corrected chi connectivity index (χ1v) is 6.37. The Hall–Kier alpha value is -1.43. The lowest BCUT2D eigenvalue weighted by Gasteiger charge is -2.36. The van der Waals surface area contributed by atoms with Gasteiger partial charge in [0.15, 0.2) is 0 Å². The molecule has 0 aliphatic heterocycles. The van der Waals surface area contributed by atoms with Gasteiger partial charge < -0.3 is 14.0 Å². The van der Waals surface area contributed by atoms with Gasteiger partial charge in [0.05, 0.1) is 12.7 Å². The van der Waals surface area contributed by atoms with Gasteiger partial charge in [0.1, 0.15) is 5.82 Å². The molecular weight excluding hydrogens is 234 g/mol. The summed E-state index contributed by atoms with van der Waals surface area (Å²) in [7, 11) is 0. The lowest BCUT2D eigenvalue weighted by molar-refractivity contribution is -0.0213. The van der Waals surface area contributed by atoms with E-state index in [1.54, 1.807) is 6.92 Å². The molecule has 1 heterocycles. The Kier molecular flexibility index (Phi) is 3.96. The smallest absolute Gasteiger partial charge is 0.376 e. The molecule has 0 saturated heterocycles. The number of rotatable bonds is 5. The fourth-order valence-corrected chi connectivity index (χ4v) is 2.26. The highest BCUT2D eigenvalue weighted by Gasteiger charge is 2.35. The molecule has 0 N–H and O–H groups in total. The van der Waals surface area contributed by atoms with Gasteiger partial charge >= 0.3 is 5.97 Å². The molecule has 0 unspecified atom stereocenters. The summed E-state index contributed by atoms with van der Waals surface area (Å²) < 4.78 is 12.4. The summed E-state index contributed by atoms with van der Waals surface area (Å²) in [5, 5.41) is 7.87. The third-order valence-corrected chi connectivity index (χ3v) is 3.16. The first-order chi connectivity index (χ1) is 8.67. The largest absolute Gasteiger partial charge is 0.460 e. The Bertz CT molecular complexity index is 424. The van der Waals surface area contributed by atoms with E-state index < -0.39 is 5.97 Å². The van der Waals surface area contributed by atoms with Crippen molar-refractivity contribution in [1.82, 2.24) is 14.8 Å².